The van der Waals surface area contributed by atoms with Crippen molar-refractivity contribution in [2.45, 2.75) is 39.7 Å². The maximum Gasteiger partial charge on any atom is 0.0681 e. The third-order valence-corrected chi connectivity index (χ3v) is 4.31. The van der Waals surface area contributed by atoms with Gasteiger partial charge in [-0.3, -0.25) is 0 Å². The van der Waals surface area contributed by atoms with E-state index in [9.17, 15) is 0 Å². The maximum atomic E-state index is 9.03. The van der Waals surface area contributed by atoms with E-state index < -0.39 is 0 Å². The molecule has 0 amide bonds. The molecule has 1 saturated heterocycles. The minimum Gasteiger partial charge on any atom is -0.392 e. The van der Waals surface area contributed by atoms with Crippen LogP contribution in [0.4, 0.5) is 5.69 Å². The van der Waals surface area contributed by atoms with Gasteiger partial charge in [-0.05, 0) is 36.0 Å². The lowest BCUT2D eigenvalue weighted by Crippen LogP contribution is -2.38. The van der Waals surface area contributed by atoms with Gasteiger partial charge in [0.05, 0.1) is 6.61 Å². The highest BCUT2D eigenvalue weighted by atomic mass is 16.3. The summed E-state index contributed by atoms with van der Waals surface area (Å²) in [7, 11) is 0. The van der Waals surface area contributed by atoms with Gasteiger partial charge in [-0.1, -0.05) is 32.4 Å². The van der Waals surface area contributed by atoms with Gasteiger partial charge in [0, 0.05) is 18.8 Å². The number of anilines is 1. The van der Waals surface area contributed by atoms with Crippen molar-refractivity contribution in [3.8, 4) is 0 Å². The average Bonchev–Trinajstić information content (AvgIpc) is 2.40. The van der Waals surface area contributed by atoms with Crippen LogP contribution in [0, 0.1) is 5.41 Å². The first kappa shape index (κ1) is 12.4. The van der Waals surface area contributed by atoms with Crippen LogP contribution in [-0.4, -0.2) is 18.2 Å². The molecule has 94 valence electrons. The van der Waals surface area contributed by atoms with E-state index in [2.05, 4.69) is 30.9 Å². The molecule has 0 saturated carbocycles. The third kappa shape index (κ3) is 2.81. The van der Waals surface area contributed by atoms with Crippen LogP contribution in [0.2, 0.25) is 0 Å². The molecule has 0 spiro atoms. The molecule has 0 radical (unpaired) electrons. The highest BCUT2D eigenvalue weighted by molar-refractivity contribution is 5.48. The van der Waals surface area contributed by atoms with Crippen molar-refractivity contribution < 1.29 is 5.11 Å². The molecule has 1 aliphatic rings. The molecular weight excluding hydrogens is 210 g/mol. The van der Waals surface area contributed by atoms with Crippen LogP contribution in [0.15, 0.2) is 24.3 Å². The van der Waals surface area contributed by atoms with Gasteiger partial charge >= 0.3 is 0 Å². The van der Waals surface area contributed by atoms with Crippen molar-refractivity contribution in [2.75, 3.05) is 18.0 Å². The molecule has 0 aromatic heterocycles. The lowest BCUT2D eigenvalue weighted by atomic mass is 9.78. The second kappa shape index (κ2) is 5.09. The maximum absolute atomic E-state index is 9.03. The molecule has 0 aliphatic carbocycles. The topological polar surface area (TPSA) is 23.5 Å². The minimum absolute atomic E-state index is 0.133. The lowest BCUT2D eigenvalue weighted by Gasteiger charge is -2.40. The standard InChI is InChI=1S/C15H23NO/c1-3-15(2)8-10-16(11-9-15)14-6-4-13(12-17)5-7-14/h4-7,17H,3,8-12H2,1-2H3. The summed E-state index contributed by atoms with van der Waals surface area (Å²) < 4.78 is 0. The monoisotopic (exact) mass is 233 g/mol. The zero-order valence-electron chi connectivity index (χ0n) is 10.9. The molecule has 2 nitrogen and oxygen atoms in total. The number of aliphatic hydroxyl groups excluding tert-OH is 1. The van der Waals surface area contributed by atoms with E-state index in [1.807, 2.05) is 12.1 Å². The smallest absolute Gasteiger partial charge is 0.0681 e. The van der Waals surface area contributed by atoms with Crippen LogP contribution in [0.3, 0.4) is 0 Å². The Morgan fingerprint density at radius 3 is 2.24 bits per heavy atom. The van der Waals surface area contributed by atoms with E-state index >= 15 is 0 Å². The number of rotatable bonds is 3. The summed E-state index contributed by atoms with van der Waals surface area (Å²) in [6.45, 7) is 7.14. The van der Waals surface area contributed by atoms with Crippen molar-refractivity contribution in [2.24, 2.45) is 5.41 Å². The fraction of sp³-hybridized carbons (Fsp3) is 0.600. The Hall–Kier alpha value is -1.02. The first-order valence-electron chi connectivity index (χ1n) is 6.61. The SMILES string of the molecule is CCC1(C)CCN(c2ccc(CO)cc2)CC1. The lowest BCUT2D eigenvalue weighted by molar-refractivity contribution is 0.238. The quantitative estimate of drug-likeness (QED) is 0.866. The molecule has 17 heavy (non-hydrogen) atoms. The van der Waals surface area contributed by atoms with Gasteiger partial charge < -0.3 is 10.0 Å². The first-order valence-corrected chi connectivity index (χ1v) is 6.61. The molecule has 1 aromatic rings. The fourth-order valence-corrected chi connectivity index (χ4v) is 2.47. The van der Waals surface area contributed by atoms with Crippen LogP contribution in [-0.2, 0) is 6.61 Å². The zero-order valence-corrected chi connectivity index (χ0v) is 10.9. The molecule has 1 aliphatic heterocycles. The molecule has 0 atom stereocenters. The zero-order chi connectivity index (χ0) is 12.3. The number of hydrogen-bond acceptors (Lipinski definition) is 2. The summed E-state index contributed by atoms with van der Waals surface area (Å²) in [5.74, 6) is 0. The second-order valence-corrected chi connectivity index (χ2v) is 5.48. The minimum atomic E-state index is 0.133. The van der Waals surface area contributed by atoms with Crippen molar-refractivity contribution in [1.82, 2.24) is 0 Å². The van der Waals surface area contributed by atoms with E-state index in [1.54, 1.807) is 0 Å². The average molecular weight is 233 g/mol. The molecule has 1 fully saturated rings. The van der Waals surface area contributed by atoms with Crippen molar-refractivity contribution >= 4 is 5.69 Å². The summed E-state index contributed by atoms with van der Waals surface area (Å²) in [4.78, 5) is 2.46. The second-order valence-electron chi connectivity index (χ2n) is 5.48. The third-order valence-electron chi connectivity index (χ3n) is 4.31. The van der Waals surface area contributed by atoms with Gasteiger partial charge in [0.1, 0.15) is 0 Å². The summed E-state index contributed by atoms with van der Waals surface area (Å²) in [6.07, 6.45) is 3.85. The number of aliphatic hydroxyl groups is 1. The van der Waals surface area contributed by atoms with Gasteiger partial charge in [-0.2, -0.15) is 0 Å². The summed E-state index contributed by atoms with van der Waals surface area (Å²) >= 11 is 0. The fourth-order valence-electron chi connectivity index (χ4n) is 2.47. The Bertz CT molecular complexity index is 350. The Balaban J connectivity index is 2.00. The van der Waals surface area contributed by atoms with E-state index in [-0.39, 0.29) is 6.61 Å². The molecule has 1 heterocycles. The largest absolute Gasteiger partial charge is 0.392 e. The summed E-state index contributed by atoms with van der Waals surface area (Å²) in [5.41, 5.74) is 2.83. The predicted molar refractivity (Wildman–Crippen MR) is 72.2 cm³/mol. The molecule has 0 unspecified atom stereocenters. The number of piperidine rings is 1. The molecule has 1 aromatic carbocycles. The van der Waals surface area contributed by atoms with Crippen LogP contribution in [0.1, 0.15) is 38.7 Å². The van der Waals surface area contributed by atoms with Crippen molar-refractivity contribution in [3.05, 3.63) is 29.8 Å². The van der Waals surface area contributed by atoms with E-state index in [1.165, 1.54) is 24.9 Å². The van der Waals surface area contributed by atoms with Crippen LogP contribution in [0.5, 0.6) is 0 Å². The predicted octanol–water partition coefficient (Wildman–Crippen LogP) is 3.20. The van der Waals surface area contributed by atoms with Crippen molar-refractivity contribution in [3.63, 3.8) is 0 Å². The van der Waals surface area contributed by atoms with Gasteiger partial charge in [-0.25, -0.2) is 0 Å². The summed E-state index contributed by atoms with van der Waals surface area (Å²) in [6, 6.07) is 8.28. The van der Waals surface area contributed by atoms with Gasteiger partial charge in [-0.15, -0.1) is 0 Å². The van der Waals surface area contributed by atoms with Crippen molar-refractivity contribution in [1.29, 1.82) is 0 Å². The van der Waals surface area contributed by atoms with Gasteiger partial charge in [0.25, 0.3) is 0 Å². The Kier molecular flexibility index (Phi) is 3.72. The molecule has 2 rings (SSSR count). The van der Waals surface area contributed by atoms with Crippen LogP contribution in [0.25, 0.3) is 0 Å². The molecule has 0 bridgehead atoms. The number of nitrogens with zero attached hydrogens (tertiary/aromatic N) is 1. The Morgan fingerprint density at radius 1 is 1.18 bits per heavy atom. The van der Waals surface area contributed by atoms with Crippen LogP contribution < -0.4 is 4.90 Å². The normalized spacial score (nSPS) is 19.4. The Labute approximate surface area is 104 Å². The van der Waals surface area contributed by atoms with E-state index in [4.69, 9.17) is 5.11 Å². The van der Waals surface area contributed by atoms with Gasteiger partial charge in [0.2, 0.25) is 0 Å². The highest BCUT2D eigenvalue weighted by Gasteiger charge is 2.28. The first-order chi connectivity index (χ1) is 8.17. The molecular formula is C15H23NO. The van der Waals surface area contributed by atoms with E-state index in [0.717, 1.165) is 18.7 Å². The molecule has 1 N–H and O–H groups in total. The van der Waals surface area contributed by atoms with E-state index in [0.29, 0.717) is 5.41 Å². The van der Waals surface area contributed by atoms with Gasteiger partial charge in [0.15, 0.2) is 0 Å². The van der Waals surface area contributed by atoms with Crippen LogP contribution >= 0.6 is 0 Å². The highest BCUT2D eigenvalue weighted by Crippen LogP contribution is 2.35. The number of hydrogen-bond donors (Lipinski definition) is 1. The number of benzene rings is 1. The summed E-state index contributed by atoms with van der Waals surface area (Å²) in [5, 5.41) is 9.03. The Morgan fingerprint density at radius 2 is 1.76 bits per heavy atom. The molecule has 2 heteroatoms.